The summed E-state index contributed by atoms with van der Waals surface area (Å²) >= 11 is 0. The third-order valence-electron chi connectivity index (χ3n) is 2.29. The van der Waals surface area contributed by atoms with Crippen molar-refractivity contribution in [1.82, 2.24) is 0 Å². The van der Waals surface area contributed by atoms with Crippen LogP contribution in [0.5, 0.6) is 5.75 Å². The van der Waals surface area contributed by atoms with Crippen molar-refractivity contribution >= 4 is 28.5 Å². The first-order valence-electron chi connectivity index (χ1n) is 5.50. The Morgan fingerprint density at radius 1 is 1.26 bits per heavy atom. The van der Waals surface area contributed by atoms with E-state index in [0.717, 1.165) is 0 Å². The van der Waals surface area contributed by atoms with Gasteiger partial charge in [-0.3, -0.25) is 9.59 Å². The normalized spacial score (nSPS) is 10.2. The average molecular weight is 261 g/mol. The van der Waals surface area contributed by atoms with Crippen molar-refractivity contribution in [2.75, 3.05) is 5.32 Å². The summed E-state index contributed by atoms with van der Waals surface area (Å²) in [7, 11) is 0. The number of carbonyl (C=O) groups excluding carboxylic acids is 2. The fourth-order valence-electron chi connectivity index (χ4n) is 1.63. The van der Waals surface area contributed by atoms with Gasteiger partial charge in [0.25, 0.3) is 0 Å². The number of ether oxygens (including phenoxy) is 1. The standard InChI is InChI=1S/C13H11NO5/c1-7(15)14-10-6-9-4-3-5-11(18-8(2)16)12(9)19-13(10)17/h3-6H,1-2H3,(H,14,15). The van der Waals surface area contributed by atoms with Gasteiger partial charge >= 0.3 is 11.6 Å². The molecule has 2 rings (SSSR count). The van der Waals surface area contributed by atoms with Crippen LogP contribution in [0.2, 0.25) is 0 Å². The van der Waals surface area contributed by atoms with E-state index in [1.807, 2.05) is 0 Å². The van der Waals surface area contributed by atoms with Crippen molar-refractivity contribution in [2.45, 2.75) is 13.8 Å². The summed E-state index contributed by atoms with van der Waals surface area (Å²) in [5.41, 5.74) is -0.501. The van der Waals surface area contributed by atoms with Crippen LogP contribution in [0.15, 0.2) is 33.5 Å². The van der Waals surface area contributed by atoms with Crippen LogP contribution in [-0.4, -0.2) is 11.9 Å². The summed E-state index contributed by atoms with van der Waals surface area (Å²) in [5, 5.41) is 2.92. The topological polar surface area (TPSA) is 85.6 Å². The molecule has 0 bridgehead atoms. The van der Waals surface area contributed by atoms with Gasteiger partial charge in [0, 0.05) is 19.2 Å². The maximum absolute atomic E-state index is 11.7. The van der Waals surface area contributed by atoms with E-state index in [1.54, 1.807) is 12.1 Å². The van der Waals surface area contributed by atoms with E-state index in [2.05, 4.69) is 5.32 Å². The minimum atomic E-state index is -0.706. The SMILES string of the molecule is CC(=O)Nc1cc2cccc(OC(C)=O)c2oc1=O. The van der Waals surface area contributed by atoms with Gasteiger partial charge in [0.2, 0.25) is 5.91 Å². The first-order valence-corrected chi connectivity index (χ1v) is 5.50. The Balaban J connectivity index is 2.60. The zero-order valence-corrected chi connectivity index (χ0v) is 10.4. The Morgan fingerprint density at radius 3 is 2.63 bits per heavy atom. The Morgan fingerprint density at radius 2 is 2.00 bits per heavy atom. The number of carbonyl (C=O) groups is 2. The van der Waals surface area contributed by atoms with Crippen molar-refractivity contribution < 1.29 is 18.7 Å². The predicted octanol–water partition coefficient (Wildman–Crippen LogP) is 1.68. The molecular weight excluding hydrogens is 250 g/mol. The maximum atomic E-state index is 11.7. The van der Waals surface area contributed by atoms with E-state index in [9.17, 15) is 14.4 Å². The number of nitrogens with one attached hydrogen (secondary N) is 1. The molecule has 1 N–H and O–H groups in total. The van der Waals surface area contributed by atoms with Gasteiger partial charge in [-0.1, -0.05) is 12.1 Å². The van der Waals surface area contributed by atoms with Crippen LogP contribution in [0.25, 0.3) is 11.0 Å². The van der Waals surface area contributed by atoms with Crippen molar-refractivity contribution in [3.05, 3.63) is 34.7 Å². The monoisotopic (exact) mass is 261 g/mol. The molecule has 0 spiro atoms. The van der Waals surface area contributed by atoms with Crippen LogP contribution in [0.4, 0.5) is 5.69 Å². The zero-order chi connectivity index (χ0) is 14.0. The Labute approximate surface area is 108 Å². The lowest BCUT2D eigenvalue weighted by Gasteiger charge is -2.06. The van der Waals surface area contributed by atoms with Crippen LogP contribution in [0, 0.1) is 0 Å². The third kappa shape index (κ3) is 2.79. The number of benzene rings is 1. The van der Waals surface area contributed by atoms with Gasteiger partial charge in [-0.25, -0.2) is 4.79 Å². The molecule has 1 heterocycles. The predicted molar refractivity (Wildman–Crippen MR) is 68.1 cm³/mol. The van der Waals surface area contributed by atoms with Crippen molar-refractivity contribution in [1.29, 1.82) is 0 Å². The largest absolute Gasteiger partial charge is 0.423 e. The maximum Gasteiger partial charge on any atom is 0.360 e. The second-order valence-corrected chi connectivity index (χ2v) is 3.90. The fraction of sp³-hybridized carbons (Fsp3) is 0.154. The van der Waals surface area contributed by atoms with Crippen molar-refractivity contribution in [3.8, 4) is 5.75 Å². The minimum Gasteiger partial charge on any atom is -0.423 e. The van der Waals surface area contributed by atoms with Gasteiger partial charge in [-0.15, -0.1) is 0 Å². The van der Waals surface area contributed by atoms with E-state index in [0.29, 0.717) is 5.39 Å². The molecule has 0 unspecified atom stereocenters. The summed E-state index contributed by atoms with van der Waals surface area (Å²) in [4.78, 5) is 33.6. The number of fused-ring (bicyclic) bond motifs is 1. The molecule has 1 aromatic carbocycles. The fourth-order valence-corrected chi connectivity index (χ4v) is 1.63. The minimum absolute atomic E-state index is 0.0416. The van der Waals surface area contributed by atoms with Gasteiger partial charge in [0.15, 0.2) is 11.3 Å². The molecule has 0 fully saturated rings. The lowest BCUT2D eigenvalue weighted by molar-refractivity contribution is -0.131. The molecule has 6 heteroatoms. The zero-order valence-electron chi connectivity index (χ0n) is 10.4. The first kappa shape index (κ1) is 12.8. The van der Waals surface area contributed by atoms with E-state index < -0.39 is 11.6 Å². The third-order valence-corrected chi connectivity index (χ3v) is 2.29. The number of anilines is 1. The van der Waals surface area contributed by atoms with Gasteiger partial charge in [0.1, 0.15) is 5.69 Å². The summed E-state index contributed by atoms with van der Waals surface area (Å²) in [5.74, 6) is -0.722. The lowest BCUT2D eigenvalue weighted by atomic mass is 10.2. The van der Waals surface area contributed by atoms with E-state index in [1.165, 1.54) is 26.0 Å². The highest BCUT2D eigenvalue weighted by molar-refractivity contribution is 5.92. The molecule has 1 amide bonds. The van der Waals surface area contributed by atoms with Crippen molar-refractivity contribution in [3.63, 3.8) is 0 Å². The number of hydrogen-bond acceptors (Lipinski definition) is 5. The van der Waals surface area contributed by atoms with E-state index in [4.69, 9.17) is 9.15 Å². The number of esters is 1. The number of hydrogen-bond donors (Lipinski definition) is 1. The number of para-hydroxylation sites is 1. The Bertz CT molecular complexity index is 717. The quantitative estimate of drug-likeness (QED) is 0.505. The van der Waals surface area contributed by atoms with Crippen molar-refractivity contribution in [2.24, 2.45) is 0 Å². The Kier molecular flexibility index (Phi) is 3.33. The first-order chi connectivity index (χ1) is 8.97. The van der Waals surface area contributed by atoms with E-state index >= 15 is 0 Å². The molecule has 0 aliphatic heterocycles. The van der Waals surface area contributed by atoms with Gasteiger partial charge in [-0.05, 0) is 12.1 Å². The lowest BCUT2D eigenvalue weighted by Crippen LogP contribution is -2.14. The molecule has 2 aromatic rings. The molecule has 0 saturated carbocycles. The van der Waals surface area contributed by atoms with Gasteiger partial charge in [-0.2, -0.15) is 0 Å². The van der Waals surface area contributed by atoms with Crippen LogP contribution in [0.3, 0.4) is 0 Å². The smallest absolute Gasteiger partial charge is 0.360 e. The Hall–Kier alpha value is -2.63. The van der Waals surface area contributed by atoms with Crippen LogP contribution < -0.4 is 15.7 Å². The molecule has 6 nitrogen and oxygen atoms in total. The highest BCUT2D eigenvalue weighted by Crippen LogP contribution is 2.26. The molecule has 0 aliphatic rings. The average Bonchev–Trinajstić information content (AvgIpc) is 2.30. The molecule has 0 saturated heterocycles. The second kappa shape index (κ2) is 4.93. The number of rotatable bonds is 2. The molecule has 19 heavy (non-hydrogen) atoms. The summed E-state index contributed by atoms with van der Waals surface area (Å²) < 4.78 is 10.0. The molecule has 0 aliphatic carbocycles. The second-order valence-electron chi connectivity index (χ2n) is 3.90. The molecule has 0 atom stereocenters. The van der Waals surface area contributed by atoms with Crippen LogP contribution >= 0.6 is 0 Å². The summed E-state index contributed by atoms with van der Waals surface area (Å²) in [6, 6.07) is 6.31. The molecule has 0 radical (unpaired) electrons. The molecule has 98 valence electrons. The summed E-state index contributed by atoms with van der Waals surface area (Å²) in [6.45, 7) is 2.54. The van der Waals surface area contributed by atoms with E-state index in [-0.39, 0.29) is 22.9 Å². The summed E-state index contributed by atoms with van der Waals surface area (Å²) in [6.07, 6.45) is 0. The highest BCUT2D eigenvalue weighted by Gasteiger charge is 2.11. The molecule has 1 aromatic heterocycles. The highest BCUT2D eigenvalue weighted by atomic mass is 16.5. The van der Waals surface area contributed by atoms with Gasteiger partial charge in [0.05, 0.1) is 0 Å². The molecular formula is C13H11NO5. The van der Waals surface area contributed by atoms with Gasteiger partial charge < -0.3 is 14.5 Å². The van der Waals surface area contributed by atoms with Crippen LogP contribution in [-0.2, 0) is 9.59 Å². The number of amides is 1. The van der Waals surface area contributed by atoms with Crippen LogP contribution in [0.1, 0.15) is 13.8 Å².